The number of benzene rings is 1. The Kier molecular flexibility index (Phi) is 4.41. The van der Waals surface area contributed by atoms with Gasteiger partial charge >= 0.3 is 0 Å². The van der Waals surface area contributed by atoms with E-state index in [9.17, 15) is 5.11 Å². The summed E-state index contributed by atoms with van der Waals surface area (Å²) in [5.41, 5.74) is 3.32. The van der Waals surface area contributed by atoms with Crippen molar-refractivity contribution in [1.82, 2.24) is 4.98 Å². The minimum absolute atomic E-state index is 0.167. The second-order valence-corrected chi connectivity index (χ2v) is 4.89. The minimum atomic E-state index is 0.167. The van der Waals surface area contributed by atoms with Crippen molar-refractivity contribution >= 4 is 0 Å². The number of aromatic hydroxyl groups is 1. The van der Waals surface area contributed by atoms with Crippen molar-refractivity contribution < 1.29 is 9.84 Å². The fourth-order valence-electron chi connectivity index (χ4n) is 2.27. The third kappa shape index (κ3) is 3.18. The summed E-state index contributed by atoms with van der Waals surface area (Å²) in [6.45, 7) is 6.10. The van der Waals surface area contributed by atoms with E-state index in [0.717, 1.165) is 17.6 Å². The van der Waals surface area contributed by atoms with Crippen molar-refractivity contribution in [3.05, 3.63) is 66.0 Å². The lowest BCUT2D eigenvalue weighted by atomic mass is 9.87. The average Bonchev–Trinajstić information content (AvgIpc) is 2.45. The fourth-order valence-corrected chi connectivity index (χ4v) is 2.27. The molecule has 0 saturated heterocycles. The van der Waals surface area contributed by atoms with Gasteiger partial charge in [0, 0.05) is 18.3 Å². The zero-order valence-corrected chi connectivity index (χ0v) is 11.8. The van der Waals surface area contributed by atoms with Crippen LogP contribution in [0.4, 0.5) is 0 Å². The monoisotopic (exact) mass is 269 g/mol. The highest BCUT2D eigenvalue weighted by Gasteiger charge is 2.14. The number of hydrogen-bond acceptors (Lipinski definition) is 3. The van der Waals surface area contributed by atoms with Crippen LogP contribution in [-0.2, 0) is 6.42 Å². The number of aromatic nitrogens is 1. The standard InChI is InChI=1S/C17H19NO2/c1-12(2)15(14-6-8-18-9-7-14)10-13-4-5-17(20-3)16(19)11-13/h4-9,11,15,19H,1,10H2,2-3H3. The maximum Gasteiger partial charge on any atom is 0.160 e. The Morgan fingerprint density at radius 1 is 1.30 bits per heavy atom. The van der Waals surface area contributed by atoms with E-state index in [0.29, 0.717) is 5.75 Å². The topological polar surface area (TPSA) is 42.4 Å². The summed E-state index contributed by atoms with van der Waals surface area (Å²) in [4.78, 5) is 4.04. The van der Waals surface area contributed by atoms with Crippen LogP contribution in [0, 0.1) is 0 Å². The van der Waals surface area contributed by atoms with Gasteiger partial charge < -0.3 is 9.84 Å². The van der Waals surface area contributed by atoms with Crippen LogP contribution in [0.25, 0.3) is 0 Å². The van der Waals surface area contributed by atoms with Crippen LogP contribution in [0.5, 0.6) is 11.5 Å². The van der Waals surface area contributed by atoms with Gasteiger partial charge in [0.2, 0.25) is 0 Å². The summed E-state index contributed by atoms with van der Waals surface area (Å²) in [6, 6.07) is 9.50. The number of phenolic OH excluding ortho intramolecular Hbond substituents is 1. The lowest BCUT2D eigenvalue weighted by Crippen LogP contribution is -2.04. The number of pyridine rings is 1. The van der Waals surface area contributed by atoms with Crippen LogP contribution < -0.4 is 4.74 Å². The summed E-state index contributed by atoms with van der Waals surface area (Å²) < 4.78 is 5.06. The molecule has 1 aromatic heterocycles. The smallest absolute Gasteiger partial charge is 0.160 e. The van der Waals surface area contributed by atoms with Gasteiger partial charge in [-0.25, -0.2) is 0 Å². The molecule has 0 aliphatic heterocycles. The molecule has 104 valence electrons. The van der Waals surface area contributed by atoms with Crippen molar-refractivity contribution in [1.29, 1.82) is 0 Å². The van der Waals surface area contributed by atoms with Gasteiger partial charge in [-0.3, -0.25) is 4.98 Å². The molecule has 3 heteroatoms. The predicted octanol–water partition coefficient (Wildman–Crippen LogP) is 3.70. The van der Waals surface area contributed by atoms with Gasteiger partial charge in [-0.15, -0.1) is 0 Å². The SMILES string of the molecule is C=C(C)C(Cc1ccc(OC)c(O)c1)c1ccncc1. The van der Waals surface area contributed by atoms with E-state index in [2.05, 4.69) is 11.6 Å². The molecule has 0 radical (unpaired) electrons. The van der Waals surface area contributed by atoms with Crippen LogP contribution >= 0.6 is 0 Å². The molecule has 2 rings (SSSR count). The first-order chi connectivity index (χ1) is 9.61. The van der Waals surface area contributed by atoms with E-state index in [1.807, 2.05) is 25.1 Å². The van der Waals surface area contributed by atoms with Crippen molar-refractivity contribution in [2.75, 3.05) is 7.11 Å². The Labute approximate surface area is 119 Å². The highest BCUT2D eigenvalue weighted by molar-refractivity contribution is 5.42. The molecule has 0 aliphatic carbocycles. The second-order valence-electron chi connectivity index (χ2n) is 4.89. The Morgan fingerprint density at radius 3 is 2.55 bits per heavy atom. The Balaban J connectivity index is 2.25. The molecule has 0 spiro atoms. The number of hydrogen-bond donors (Lipinski definition) is 1. The lowest BCUT2D eigenvalue weighted by molar-refractivity contribution is 0.373. The molecule has 1 unspecified atom stereocenters. The van der Waals surface area contributed by atoms with E-state index in [1.165, 1.54) is 5.56 Å². The van der Waals surface area contributed by atoms with Crippen molar-refractivity contribution in [3.63, 3.8) is 0 Å². The summed E-state index contributed by atoms with van der Waals surface area (Å²) in [6.07, 6.45) is 4.37. The Bertz CT molecular complexity index is 593. The molecule has 20 heavy (non-hydrogen) atoms. The van der Waals surface area contributed by atoms with Crippen molar-refractivity contribution in [2.24, 2.45) is 0 Å². The summed E-state index contributed by atoms with van der Waals surface area (Å²) in [7, 11) is 1.54. The molecule has 3 nitrogen and oxygen atoms in total. The summed E-state index contributed by atoms with van der Waals surface area (Å²) >= 11 is 0. The van der Waals surface area contributed by atoms with Crippen LogP contribution in [0.3, 0.4) is 0 Å². The van der Waals surface area contributed by atoms with E-state index < -0.39 is 0 Å². The molecule has 1 N–H and O–H groups in total. The van der Waals surface area contributed by atoms with E-state index in [4.69, 9.17) is 4.74 Å². The van der Waals surface area contributed by atoms with Crippen LogP contribution in [-0.4, -0.2) is 17.2 Å². The van der Waals surface area contributed by atoms with Gasteiger partial charge in [-0.2, -0.15) is 0 Å². The first kappa shape index (κ1) is 14.1. The quantitative estimate of drug-likeness (QED) is 0.842. The average molecular weight is 269 g/mol. The number of allylic oxidation sites excluding steroid dienone is 1. The van der Waals surface area contributed by atoms with Gasteiger partial charge in [0.25, 0.3) is 0 Å². The van der Waals surface area contributed by atoms with E-state index in [1.54, 1.807) is 31.6 Å². The maximum absolute atomic E-state index is 9.86. The van der Waals surface area contributed by atoms with Gasteiger partial charge in [-0.05, 0) is 48.7 Å². The Hall–Kier alpha value is -2.29. The molecular formula is C17H19NO2. The molecule has 0 fully saturated rings. The molecule has 1 heterocycles. The fraction of sp³-hybridized carbons (Fsp3) is 0.235. The molecule has 2 aromatic rings. The first-order valence-corrected chi connectivity index (χ1v) is 6.53. The van der Waals surface area contributed by atoms with Gasteiger partial charge in [0.05, 0.1) is 7.11 Å². The third-order valence-corrected chi connectivity index (χ3v) is 3.39. The van der Waals surface area contributed by atoms with Crippen molar-refractivity contribution in [3.8, 4) is 11.5 Å². The first-order valence-electron chi connectivity index (χ1n) is 6.53. The lowest BCUT2D eigenvalue weighted by Gasteiger charge is -2.18. The maximum atomic E-state index is 9.86. The summed E-state index contributed by atoms with van der Waals surface area (Å²) in [5.74, 6) is 0.871. The molecule has 0 amide bonds. The molecule has 1 aromatic carbocycles. The predicted molar refractivity (Wildman–Crippen MR) is 80.2 cm³/mol. The number of nitrogens with zero attached hydrogens (tertiary/aromatic N) is 1. The van der Waals surface area contributed by atoms with Crippen LogP contribution in [0.1, 0.15) is 24.0 Å². The highest BCUT2D eigenvalue weighted by Crippen LogP contribution is 2.31. The highest BCUT2D eigenvalue weighted by atomic mass is 16.5. The van der Waals surface area contributed by atoms with Gasteiger partial charge in [-0.1, -0.05) is 18.2 Å². The molecule has 0 bridgehead atoms. The number of methoxy groups -OCH3 is 1. The van der Waals surface area contributed by atoms with Crippen LogP contribution in [0.15, 0.2) is 54.9 Å². The zero-order chi connectivity index (χ0) is 14.5. The number of phenols is 1. The van der Waals surface area contributed by atoms with E-state index >= 15 is 0 Å². The van der Waals surface area contributed by atoms with Crippen molar-refractivity contribution in [2.45, 2.75) is 19.3 Å². The minimum Gasteiger partial charge on any atom is -0.504 e. The van der Waals surface area contributed by atoms with Gasteiger partial charge in [0.15, 0.2) is 11.5 Å². The normalized spacial score (nSPS) is 11.9. The number of ether oxygens (including phenoxy) is 1. The van der Waals surface area contributed by atoms with Gasteiger partial charge in [0.1, 0.15) is 0 Å². The molecule has 0 aliphatic rings. The third-order valence-electron chi connectivity index (χ3n) is 3.39. The largest absolute Gasteiger partial charge is 0.504 e. The number of rotatable bonds is 5. The van der Waals surface area contributed by atoms with Crippen LogP contribution in [0.2, 0.25) is 0 Å². The Morgan fingerprint density at radius 2 is 2.00 bits per heavy atom. The molecule has 0 saturated carbocycles. The molecule has 1 atom stereocenters. The van der Waals surface area contributed by atoms with E-state index in [-0.39, 0.29) is 11.7 Å². The zero-order valence-electron chi connectivity index (χ0n) is 11.8. The summed E-state index contributed by atoms with van der Waals surface area (Å²) in [5, 5.41) is 9.86. The molecular weight excluding hydrogens is 250 g/mol. The second kappa shape index (κ2) is 6.24.